The van der Waals surface area contributed by atoms with Gasteiger partial charge in [0, 0.05) is 15.9 Å². The first-order valence-electron chi connectivity index (χ1n) is 6.21. The Kier molecular flexibility index (Phi) is 5.34. The SMILES string of the molecule is COC(=O)C(NCc1cccs1)c1ccc(Br)c(C)c1. The molecule has 0 spiro atoms. The first kappa shape index (κ1) is 15.2. The first-order valence-corrected chi connectivity index (χ1v) is 7.88. The predicted molar refractivity (Wildman–Crippen MR) is 84.8 cm³/mol. The van der Waals surface area contributed by atoms with Crippen LogP contribution in [0.1, 0.15) is 22.0 Å². The summed E-state index contributed by atoms with van der Waals surface area (Å²) in [5.41, 5.74) is 2.00. The van der Waals surface area contributed by atoms with E-state index in [1.807, 2.05) is 42.6 Å². The number of thiophene rings is 1. The minimum Gasteiger partial charge on any atom is -0.468 e. The van der Waals surface area contributed by atoms with Gasteiger partial charge in [0.05, 0.1) is 7.11 Å². The van der Waals surface area contributed by atoms with E-state index >= 15 is 0 Å². The summed E-state index contributed by atoms with van der Waals surface area (Å²) in [6, 6.07) is 9.46. The number of halogens is 1. The highest BCUT2D eigenvalue weighted by Crippen LogP contribution is 2.23. The molecule has 106 valence electrons. The van der Waals surface area contributed by atoms with Crippen LogP contribution in [0.25, 0.3) is 0 Å². The van der Waals surface area contributed by atoms with Crippen molar-refractivity contribution in [1.29, 1.82) is 0 Å². The Morgan fingerprint density at radius 2 is 2.25 bits per heavy atom. The van der Waals surface area contributed by atoms with E-state index < -0.39 is 6.04 Å². The molecule has 2 aromatic rings. The summed E-state index contributed by atoms with van der Waals surface area (Å²) in [5.74, 6) is -0.275. The summed E-state index contributed by atoms with van der Waals surface area (Å²) < 4.78 is 5.93. The molecule has 1 aromatic carbocycles. The van der Waals surface area contributed by atoms with Crippen molar-refractivity contribution in [3.05, 3.63) is 56.2 Å². The van der Waals surface area contributed by atoms with Gasteiger partial charge in [-0.05, 0) is 35.6 Å². The van der Waals surface area contributed by atoms with E-state index in [2.05, 4.69) is 21.2 Å². The van der Waals surface area contributed by atoms with E-state index in [1.165, 1.54) is 12.0 Å². The van der Waals surface area contributed by atoms with Gasteiger partial charge in [0.2, 0.25) is 0 Å². The average molecular weight is 354 g/mol. The Labute approximate surface area is 131 Å². The van der Waals surface area contributed by atoms with Crippen LogP contribution in [0.5, 0.6) is 0 Å². The molecule has 3 nitrogen and oxygen atoms in total. The van der Waals surface area contributed by atoms with Crippen LogP contribution in [0.15, 0.2) is 40.2 Å². The Morgan fingerprint density at radius 3 is 2.85 bits per heavy atom. The van der Waals surface area contributed by atoms with Crippen molar-refractivity contribution in [3.63, 3.8) is 0 Å². The molecule has 5 heteroatoms. The fourth-order valence-electron chi connectivity index (χ4n) is 1.92. The number of esters is 1. The number of ether oxygens (including phenoxy) is 1. The van der Waals surface area contributed by atoms with Crippen LogP contribution >= 0.6 is 27.3 Å². The van der Waals surface area contributed by atoms with Crippen LogP contribution in [-0.4, -0.2) is 13.1 Å². The lowest BCUT2D eigenvalue weighted by Crippen LogP contribution is -2.29. The van der Waals surface area contributed by atoms with Crippen LogP contribution in [0.3, 0.4) is 0 Å². The lowest BCUT2D eigenvalue weighted by molar-refractivity contribution is -0.143. The van der Waals surface area contributed by atoms with Crippen LogP contribution < -0.4 is 5.32 Å². The van der Waals surface area contributed by atoms with Gasteiger partial charge in [-0.25, -0.2) is 4.79 Å². The predicted octanol–water partition coefficient (Wildman–Crippen LogP) is 3.82. The van der Waals surface area contributed by atoms with Crippen LogP contribution in [0.2, 0.25) is 0 Å². The van der Waals surface area contributed by atoms with E-state index in [1.54, 1.807) is 11.3 Å². The molecule has 0 amide bonds. The molecule has 1 atom stereocenters. The lowest BCUT2D eigenvalue weighted by Gasteiger charge is -2.17. The van der Waals surface area contributed by atoms with E-state index in [-0.39, 0.29) is 5.97 Å². The molecule has 0 bridgehead atoms. The number of benzene rings is 1. The fourth-order valence-corrected chi connectivity index (χ4v) is 2.82. The normalized spacial score (nSPS) is 12.2. The van der Waals surface area contributed by atoms with Gasteiger partial charge in [0.15, 0.2) is 0 Å². The average Bonchev–Trinajstić information content (AvgIpc) is 2.95. The highest BCUT2D eigenvalue weighted by atomic mass is 79.9. The maximum Gasteiger partial charge on any atom is 0.327 e. The first-order chi connectivity index (χ1) is 9.61. The monoisotopic (exact) mass is 353 g/mol. The number of carbonyl (C=O) groups excluding carboxylic acids is 1. The molecule has 0 saturated carbocycles. The number of nitrogens with one attached hydrogen (secondary N) is 1. The summed E-state index contributed by atoms with van der Waals surface area (Å²) in [6.45, 7) is 2.65. The third-order valence-electron chi connectivity index (χ3n) is 3.01. The number of methoxy groups -OCH3 is 1. The summed E-state index contributed by atoms with van der Waals surface area (Å²) in [6.07, 6.45) is 0. The molecule has 1 aromatic heterocycles. The molecular weight excluding hydrogens is 338 g/mol. The zero-order valence-electron chi connectivity index (χ0n) is 11.4. The second-order valence-corrected chi connectivity index (χ2v) is 6.31. The molecule has 0 fully saturated rings. The highest BCUT2D eigenvalue weighted by molar-refractivity contribution is 9.10. The fraction of sp³-hybridized carbons (Fsp3) is 0.267. The quantitative estimate of drug-likeness (QED) is 0.830. The lowest BCUT2D eigenvalue weighted by atomic mass is 10.0. The summed E-state index contributed by atoms with van der Waals surface area (Å²) in [7, 11) is 1.41. The molecule has 0 aliphatic heterocycles. The van der Waals surface area contributed by atoms with Gasteiger partial charge in [0.25, 0.3) is 0 Å². The minimum atomic E-state index is -0.450. The van der Waals surface area contributed by atoms with Crippen molar-refractivity contribution in [2.45, 2.75) is 19.5 Å². The van der Waals surface area contributed by atoms with Gasteiger partial charge < -0.3 is 4.74 Å². The van der Waals surface area contributed by atoms with Crippen molar-refractivity contribution in [2.24, 2.45) is 0 Å². The standard InChI is InChI=1S/C15H16BrNO2S/c1-10-8-11(5-6-13(10)16)14(15(18)19-2)17-9-12-4-3-7-20-12/h3-8,14,17H,9H2,1-2H3. The van der Waals surface area contributed by atoms with Crippen molar-refractivity contribution < 1.29 is 9.53 Å². The molecule has 20 heavy (non-hydrogen) atoms. The topological polar surface area (TPSA) is 38.3 Å². The summed E-state index contributed by atoms with van der Waals surface area (Å²) in [5, 5.41) is 5.28. The second-order valence-electron chi connectivity index (χ2n) is 4.43. The molecule has 1 heterocycles. The van der Waals surface area contributed by atoms with E-state index in [4.69, 9.17) is 4.74 Å². The number of carbonyl (C=O) groups is 1. The third-order valence-corrected chi connectivity index (χ3v) is 4.78. The maximum absolute atomic E-state index is 12.0. The van der Waals surface area contributed by atoms with Gasteiger partial charge in [0.1, 0.15) is 6.04 Å². The number of hydrogen-bond donors (Lipinski definition) is 1. The summed E-state index contributed by atoms with van der Waals surface area (Å²) >= 11 is 5.13. The van der Waals surface area contributed by atoms with Gasteiger partial charge in [-0.3, -0.25) is 5.32 Å². The zero-order valence-corrected chi connectivity index (χ0v) is 13.8. The highest BCUT2D eigenvalue weighted by Gasteiger charge is 2.21. The van der Waals surface area contributed by atoms with Crippen molar-refractivity contribution >= 4 is 33.2 Å². The van der Waals surface area contributed by atoms with Gasteiger partial charge in [-0.15, -0.1) is 11.3 Å². The zero-order chi connectivity index (χ0) is 14.5. The second kappa shape index (κ2) is 7.02. The Balaban J connectivity index is 2.18. The van der Waals surface area contributed by atoms with E-state index in [9.17, 15) is 4.79 Å². The van der Waals surface area contributed by atoms with E-state index in [0.29, 0.717) is 6.54 Å². The Morgan fingerprint density at radius 1 is 1.45 bits per heavy atom. The van der Waals surface area contributed by atoms with Crippen LogP contribution in [0.4, 0.5) is 0 Å². The molecule has 0 aliphatic carbocycles. The Bertz CT molecular complexity index is 584. The van der Waals surface area contributed by atoms with Crippen LogP contribution in [-0.2, 0) is 16.1 Å². The number of rotatable bonds is 5. The molecule has 0 saturated heterocycles. The number of aryl methyl sites for hydroxylation is 1. The molecule has 0 radical (unpaired) electrons. The van der Waals surface area contributed by atoms with Crippen LogP contribution in [0, 0.1) is 6.92 Å². The largest absolute Gasteiger partial charge is 0.468 e. The minimum absolute atomic E-state index is 0.275. The maximum atomic E-state index is 12.0. The van der Waals surface area contributed by atoms with Gasteiger partial charge in [-0.2, -0.15) is 0 Å². The van der Waals surface area contributed by atoms with Gasteiger partial charge >= 0.3 is 5.97 Å². The molecular formula is C15H16BrNO2S. The molecule has 1 unspecified atom stereocenters. The van der Waals surface area contributed by atoms with Crippen molar-refractivity contribution in [1.82, 2.24) is 5.32 Å². The molecule has 0 aliphatic rings. The number of hydrogen-bond acceptors (Lipinski definition) is 4. The molecule has 2 rings (SSSR count). The van der Waals surface area contributed by atoms with E-state index in [0.717, 1.165) is 15.6 Å². The Hall–Kier alpha value is -1.17. The van der Waals surface area contributed by atoms with Crippen molar-refractivity contribution in [3.8, 4) is 0 Å². The molecule has 1 N–H and O–H groups in total. The third kappa shape index (κ3) is 3.69. The van der Waals surface area contributed by atoms with Gasteiger partial charge in [-0.1, -0.05) is 34.1 Å². The van der Waals surface area contributed by atoms with Crippen molar-refractivity contribution in [2.75, 3.05) is 7.11 Å². The smallest absolute Gasteiger partial charge is 0.327 e. The summed E-state index contributed by atoms with van der Waals surface area (Å²) in [4.78, 5) is 13.2.